The standard InChI is InChI=1S/2C6H12O2S/c2*1-6(2)4-3-5-9(6,7)8/h2*3-5H2,1-2H3. The Labute approximate surface area is 111 Å². The van der Waals surface area contributed by atoms with Crippen molar-refractivity contribution >= 4 is 19.7 Å². The van der Waals surface area contributed by atoms with Crippen molar-refractivity contribution < 1.29 is 16.8 Å². The average Bonchev–Trinajstić information content (AvgIpc) is 2.51. The normalized spacial score (nSPS) is 30.4. The zero-order valence-corrected chi connectivity index (χ0v) is 13.3. The maximum Gasteiger partial charge on any atom is 0.155 e. The number of hydrogen-bond acceptors (Lipinski definition) is 4. The van der Waals surface area contributed by atoms with Crippen molar-refractivity contribution in [3.8, 4) is 0 Å². The molecule has 2 saturated heterocycles. The first kappa shape index (κ1) is 16.0. The van der Waals surface area contributed by atoms with Crippen LogP contribution in [0.25, 0.3) is 0 Å². The van der Waals surface area contributed by atoms with Crippen molar-refractivity contribution in [1.29, 1.82) is 0 Å². The first-order valence-electron chi connectivity index (χ1n) is 6.36. The van der Waals surface area contributed by atoms with E-state index in [1.165, 1.54) is 0 Å². The van der Waals surface area contributed by atoms with Crippen LogP contribution in [0.5, 0.6) is 0 Å². The Bertz CT molecular complexity index is 450. The van der Waals surface area contributed by atoms with Gasteiger partial charge in [0.2, 0.25) is 0 Å². The second kappa shape index (κ2) is 4.78. The molecule has 0 radical (unpaired) electrons. The lowest BCUT2D eigenvalue weighted by atomic mass is 10.1. The molecule has 0 aliphatic carbocycles. The molecule has 2 rings (SSSR count). The van der Waals surface area contributed by atoms with Crippen molar-refractivity contribution in [2.75, 3.05) is 11.5 Å². The van der Waals surface area contributed by atoms with E-state index in [9.17, 15) is 16.8 Å². The summed E-state index contributed by atoms with van der Waals surface area (Å²) in [6.45, 7) is 7.20. The summed E-state index contributed by atoms with van der Waals surface area (Å²) in [5.74, 6) is 0.778. The first-order chi connectivity index (χ1) is 7.91. The molecule has 0 saturated carbocycles. The summed E-state index contributed by atoms with van der Waals surface area (Å²) in [7, 11) is -5.45. The van der Waals surface area contributed by atoms with Crippen LogP contribution in [0.4, 0.5) is 0 Å². The fraction of sp³-hybridized carbons (Fsp3) is 1.00. The summed E-state index contributed by atoms with van der Waals surface area (Å²) >= 11 is 0. The Kier molecular flexibility index (Phi) is 4.24. The van der Waals surface area contributed by atoms with Crippen LogP contribution in [0.15, 0.2) is 0 Å². The Morgan fingerprint density at radius 2 is 0.944 bits per heavy atom. The van der Waals surface area contributed by atoms with E-state index in [-0.39, 0.29) is 0 Å². The van der Waals surface area contributed by atoms with Crippen LogP contribution in [0.1, 0.15) is 53.4 Å². The molecule has 2 heterocycles. The van der Waals surface area contributed by atoms with E-state index in [1.807, 2.05) is 0 Å². The molecule has 2 aliphatic heterocycles. The van der Waals surface area contributed by atoms with Gasteiger partial charge in [0.15, 0.2) is 19.7 Å². The maximum absolute atomic E-state index is 11.1. The van der Waals surface area contributed by atoms with Crippen molar-refractivity contribution in [2.24, 2.45) is 0 Å². The summed E-state index contributed by atoms with van der Waals surface area (Å²) in [6.07, 6.45) is 3.34. The van der Waals surface area contributed by atoms with Gasteiger partial charge in [-0.05, 0) is 53.4 Å². The Balaban J connectivity index is 0.000000180. The quantitative estimate of drug-likeness (QED) is 0.685. The van der Waals surface area contributed by atoms with Gasteiger partial charge in [-0.2, -0.15) is 0 Å². The van der Waals surface area contributed by atoms with E-state index in [4.69, 9.17) is 0 Å². The maximum atomic E-state index is 11.1. The number of sulfone groups is 2. The molecule has 2 fully saturated rings. The Morgan fingerprint density at radius 3 is 1.00 bits per heavy atom. The van der Waals surface area contributed by atoms with Gasteiger partial charge in [-0.3, -0.25) is 0 Å². The molecule has 4 nitrogen and oxygen atoms in total. The van der Waals surface area contributed by atoms with Gasteiger partial charge < -0.3 is 0 Å². The second-order valence-electron chi connectivity index (χ2n) is 6.36. The van der Waals surface area contributed by atoms with Crippen LogP contribution in [0.2, 0.25) is 0 Å². The van der Waals surface area contributed by atoms with E-state index >= 15 is 0 Å². The largest absolute Gasteiger partial charge is 0.228 e. The monoisotopic (exact) mass is 296 g/mol. The Morgan fingerprint density at radius 1 is 0.667 bits per heavy atom. The molecule has 0 bridgehead atoms. The predicted octanol–water partition coefficient (Wildman–Crippen LogP) is 1.95. The van der Waals surface area contributed by atoms with E-state index < -0.39 is 29.2 Å². The smallest absolute Gasteiger partial charge is 0.155 e. The number of rotatable bonds is 0. The van der Waals surface area contributed by atoms with Gasteiger partial charge in [0.1, 0.15) is 0 Å². The van der Waals surface area contributed by atoms with Gasteiger partial charge >= 0.3 is 0 Å². The van der Waals surface area contributed by atoms with Crippen LogP contribution >= 0.6 is 0 Å². The van der Waals surface area contributed by atoms with Gasteiger partial charge in [0.05, 0.1) is 21.0 Å². The van der Waals surface area contributed by atoms with Gasteiger partial charge in [-0.25, -0.2) is 16.8 Å². The lowest BCUT2D eigenvalue weighted by molar-refractivity contribution is 0.557. The minimum Gasteiger partial charge on any atom is -0.228 e. The lowest BCUT2D eigenvalue weighted by Gasteiger charge is -2.14. The van der Waals surface area contributed by atoms with Crippen molar-refractivity contribution in [3.05, 3.63) is 0 Å². The first-order valence-corrected chi connectivity index (χ1v) is 9.66. The highest BCUT2D eigenvalue weighted by atomic mass is 32.2. The zero-order valence-electron chi connectivity index (χ0n) is 11.7. The highest BCUT2D eigenvalue weighted by Crippen LogP contribution is 2.31. The van der Waals surface area contributed by atoms with Crippen LogP contribution in [-0.2, 0) is 19.7 Å². The average molecular weight is 296 g/mol. The fourth-order valence-corrected chi connectivity index (χ4v) is 5.30. The van der Waals surface area contributed by atoms with Crippen molar-refractivity contribution in [2.45, 2.75) is 62.9 Å². The predicted molar refractivity (Wildman–Crippen MR) is 74.2 cm³/mol. The third-order valence-electron chi connectivity index (χ3n) is 4.07. The highest BCUT2D eigenvalue weighted by Gasteiger charge is 2.39. The van der Waals surface area contributed by atoms with Gasteiger partial charge in [0.25, 0.3) is 0 Å². The molecule has 0 aromatic heterocycles. The van der Waals surface area contributed by atoms with E-state index in [1.54, 1.807) is 27.7 Å². The molecule has 0 spiro atoms. The SMILES string of the molecule is CC1(C)CCCS1(=O)=O.CC1(C)CCCS1(=O)=O. The third kappa shape index (κ3) is 3.07. The van der Waals surface area contributed by atoms with Crippen LogP contribution in [0.3, 0.4) is 0 Å². The van der Waals surface area contributed by atoms with E-state index in [0.29, 0.717) is 11.5 Å². The van der Waals surface area contributed by atoms with E-state index in [0.717, 1.165) is 25.7 Å². The summed E-state index contributed by atoms with van der Waals surface area (Å²) < 4.78 is 43.5. The molecule has 0 aromatic carbocycles. The van der Waals surface area contributed by atoms with Gasteiger partial charge in [-0.15, -0.1) is 0 Å². The molecule has 2 aliphatic rings. The molecule has 0 atom stereocenters. The fourth-order valence-electron chi connectivity index (χ4n) is 2.24. The highest BCUT2D eigenvalue weighted by molar-refractivity contribution is 7.93. The van der Waals surface area contributed by atoms with Gasteiger partial charge in [0, 0.05) is 0 Å². The summed E-state index contributed by atoms with van der Waals surface area (Å²) in [5.41, 5.74) is 0. The zero-order chi connectivity index (χ0) is 14.2. The summed E-state index contributed by atoms with van der Waals surface area (Å²) in [5, 5.41) is 0. The van der Waals surface area contributed by atoms with Crippen LogP contribution in [0, 0.1) is 0 Å². The molecule has 6 heteroatoms. The molecular weight excluding hydrogens is 272 g/mol. The molecule has 0 N–H and O–H groups in total. The topological polar surface area (TPSA) is 68.3 Å². The summed E-state index contributed by atoms with van der Waals surface area (Å²) in [6, 6.07) is 0. The van der Waals surface area contributed by atoms with Crippen LogP contribution in [-0.4, -0.2) is 37.8 Å². The third-order valence-corrected chi connectivity index (χ3v) is 9.50. The molecule has 108 valence electrons. The minimum atomic E-state index is -2.72. The molecule has 0 aromatic rings. The van der Waals surface area contributed by atoms with Gasteiger partial charge in [-0.1, -0.05) is 0 Å². The summed E-state index contributed by atoms with van der Waals surface area (Å²) in [4.78, 5) is 0. The lowest BCUT2D eigenvalue weighted by Crippen LogP contribution is -2.26. The number of hydrogen-bond donors (Lipinski definition) is 0. The minimum absolute atomic E-state index is 0.389. The van der Waals surface area contributed by atoms with Crippen LogP contribution < -0.4 is 0 Å². The van der Waals surface area contributed by atoms with Crippen molar-refractivity contribution in [1.82, 2.24) is 0 Å². The molecule has 0 unspecified atom stereocenters. The van der Waals surface area contributed by atoms with Crippen molar-refractivity contribution in [3.63, 3.8) is 0 Å². The second-order valence-corrected chi connectivity index (χ2v) is 11.9. The Hall–Kier alpha value is -0.100. The van der Waals surface area contributed by atoms with E-state index in [2.05, 4.69) is 0 Å². The molecule has 18 heavy (non-hydrogen) atoms. The molecular formula is C12H24O4S2. The molecule has 0 amide bonds.